The van der Waals surface area contributed by atoms with Crippen molar-refractivity contribution in [3.05, 3.63) is 94.1 Å². The van der Waals surface area contributed by atoms with Crippen molar-refractivity contribution in [1.29, 1.82) is 0 Å². The van der Waals surface area contributed by atoms with Crippen molar-refractivity contribution in [3.63, 3.8) is 0 Å². The molecule has 3 aliphatic rings. The van der Waals surface area contributed by atoms with Gasteiger partial charge in [-0.05, 0) is 83.2 Å². The summed E-state index contributed by atoms with van der Waals surface area (Å²) in [6.07, 6.45) is 1.70. The van der Waals surface area contributed by atoms with Crippen molar-refractivity contribution in [2.24, 2.45) is 5.10 Å². The molecular weight excluding hydrogens is 461 g/mol. The largest absolute Gasteiger partial charge is 0.431 e. The van der Waals surface area contributed by atoms with E-state index >= 15 is 0 Å². The zero-order valence-electron chi connectivity index (χ0n) is 19.8. The van der Waals surface area contributed by atoms with Gasteiger partial charge in [0, 0.05) is 6.42 Å². The van der Waals surface area contributed by atoms with Crippen LogP contribution in [0.15, 0.2) is 71.3 Å². The second-order valence-corrected chi connectivity index (χ2v) is 9.84. The van der Waals surface area contributed by atoms with E-state index in [-0.39, 0.29) is 19.1 Å². The SMILES string of the molecule is [O]Cc1cccc2c1CCc1c-2ccc2c1CCC(CC1CC(C(F)(F)F)=NN1c1ccccc1)=C2. The lowest BCUT2D eigenvalue weighted by Crippen LogP contribution is -2.28. The van der Waals surface area contributed by atoms with Gasteiger partial charge in [0.25, 0.3) is 0 Å². The van der Waals surface area contributed by atoms with Crippen LogP contribution in [0.1, 0.15) is 47.1 Å². The first kappa shape index (κ1) is 23.0. The van der Waals surface area contributed by atoms with Crippen molar-refractivity contribution in [3.8, 4) is 11.1 Å². The summed E-state index contributed by atoms with van der Waals surface area (Å²) in [7, 11) is 0. The number of hydrazone groups is 1. The maximum absolute atomic E-state index is 13.5. The van der Waals surface area contributed by atoms with E-state index < -0.39 is 11.9 Å². The lowest BCUT2D eigenvalue weighted by Gasteiger charge is -2.29. The van der Waals surface area contributed by atoms with Crippen molar-refractivity contribution in [2.45, 2.75) is 57.3 Å². The van der Waals surface area contributed by atoms with Crippen molar-refractivity contribution in [1.82, 2.24) is 0 Å². The Hall–Kier alpha value is -3.38. The molecule has 1 heterocycles. The Morgan fingerprint density at radius 1 is 0.833 bits per heavy atom. The average Bonchev–Trinajstić information content (AvgIpc) is 3.32. The van der Waals surface area contributed by atoms with Crippen LogP contribution in [0.3, 0.4) is 0 Å². The van der Waals surface area contributed by atoms with Gasteiger partial charge in [0.15, 0.2) is 0 Å². The molecule has 36 heavy (non-hydrogen) atoms. The first-order valence-corrected chi connectivity index (χ1v) is 12.4. The molecule has 0 amide bonds. The summed E-state index contributed by atoms with van der Waals surface area (Å²) in [6.45, 7) is -0.198. The highest BCUT2D eigenvalue weighted by molar-refractivity contribution is 5.93. The maximum Gasteiger partial charge on any atom is 0.431 e. The van der Waals surface area contributed by atoms with Gasteiger partial charge in [-0.1, -0.05) is 60.2 Å². The summed E-state index contributed by atoms with van der Waals surface area (Å²) in [5.74, 6) is 0. The number of hydrogen-bond acceptors (Lipinski definition) is 2. The number of halogens is 3. The highest BCUT2D eigenvalue weighted by Gasteiger charge is 2.43. The smallest absolute Gasteiger partial charge is 0.262 e. The minimum absolute atomic E-state index is 0.106. The van der Waals surface area contributed by atoms with Crippen LogP contribution in [0, 0.1) is 0 Å². The number of benzene rings is 3. The van der Waals surface area contributed by atoms with Gasteiger partial charge in [0.1, 0.15) is 12.3 Å². The Kier molecular flexibility index (Phi) is 5.72. The second kappa shape index (κ2) is 8.93. The van der Waals surface area contributed by atoms with E-state index in [9.17, 15) is 18.3 Å². The van der Waals surface area contributed by atoms with E-state index in [1.165, 1.54) is 33.4 Å². The summed E-state index contributed by atoms with van der Waals surface area (Å²) < 4.78 is 40.6. The Balaban J connectivity index is 1.30. The van der Waals surface area contributed by atoms with Gasteiger partial charge >= 0.3 is 6.18 Å². The summed E-state index contributed by atoms with van der Waals surface area (Å²) in [4.78, 5) is 0. The molecule has 0 bridgehead atoms. The maximum atomic E-state index is 13.5. The predicted molar refractivity (Wildman–Crippen MR) is 135 cm³/mol. The van der Waals surface area contributed by atoms with Gasteiger partial charge in [-0.3, -0.25) is 5.01 Å². The third-order valence-corrected chi connectivity index (χ3v) is 7.72. The fraction of sp³-hybridized carbons (Fsp3) is 0.300. The Morgan fingerprint density at radius 3 is 2.36 bits per heavy atom. The third kappa shape index (κ3) is 4.03. The quantitative estimate of drug-likeness (QED) is 0.380. The highest BCUT2D eigenvalue weighted by atomic mass is 19.4. The number of rotatable bonds is 4. The Morgan fingerprint density at radius 2 is 1.58 bits per heavy atom. The molecule has 3 nitrogen and oxygen atoms in total. The Labute approximate surface area is 208 Å². The molecule has 0 fully saturated rings. The topological polar surface area (TPSA) is 35.5 Å². The van der Waals surface area contributed by atoms with Crippen LogP contribution in [-0.4, -0.2) is 17.9 Å². The minimum Gasteiger partial charge on any atom is -0.262 e. The molecule has 0 saturated carbocycles. The summed E-state index contributed by atoms with van der Waals surface area (Å²) in [5.41, 5.74) is 9.45. The molecule has 6 rings (SSSR count). The van der Waals surface area contributed by atoms with Crippen LogP contribution in [0.4, 0.5) is 18.9 Å². The highest BCUT2D eigenvalue weighted by Crippen LogP contribution is 2.42. The van der Waals surface area contributed by atoms with E-state index in [1.54, 1.807) is 5.01 Å². The van der Waals surface area contributed by atoms with Crippen molar-refractivity contribution in [2.75, 3.05) is 5.01 Å². The predicted octanol–water partition coefficient (Wildman–Crippen LogP) is 7.30. The van der Waals surface area contributed by atoms with Crippen LogP contribution in [0.25, 0.3) is 17.2 Å². The van der Waals surface area contributed by atoms with Gasteiger partial charge in [0.2, 0.25) is 0 Å². The Bertz CT molecular complexity index is 1370. The van der Waals surface area contributed by atoms with Crippen LogP contribution in [0.2, 0.25) is 0 Å². The van der Waals surface area contributed by atoms with Gasteiger partial charge in [-0.2, -0.15) is 18.3 Å². The number of para-hydroxylation sites is 1. The third-order valence-electron chi connectivity index (χ3n) is 7.72. The molecule has 0 aromatic heterocycles. The average molecular weight is 488 g/mol. The van der Waals surface area contributed by atoms with E-state index in [4.69, 9.17) is 0 Å². The van der Waals surface area contributed by atoms with Crippen LogP contribution >= 0.6 is 0 Å². The van der Waals surface area contributed by atoms with E-state index in [1.807, 2.05) is 42.5 Å². The van der Waals surface area contributed by atoms with Crippen molar-refractivity contribution < 1.29 is 18.3 Å². The van der Waals surface area contributed by atoms with Crippen LogP contribution in [-0.2, 0) is 31.0 Å². The van der Waals surface area contributed by atoms with E-state index in [0.29, 0.717) is 12.1 Å². The van der Waals surface area contributed by atoms with E-state index in [0.717, 1.165) is 36.8 Å². The molecule has 1 radical (unpaired) electrons. The van der Waals surface area contributed by atoms with Gasteiger partial charge < -0.3 is 0 Å². The molecule has 0 N–H and O–H groups in total. The molecule has 6 heteroatoms. The molecular formula is C30H26F3N2O. The number of nitrogens with zero attached hydrogens (tertiary/aromatic N) is 2. The number of hydrogen-bond donors (Lipinski definition) is 0. The van der Waals surface area contributed by atoms with E-state index in [2.05, 4.69) is 29.4 Å². The summed E-state index contributed by atoms with van der Waals surface area (Å²) in [5, 5.41) is 17.2. The molecule has 183 valence electrons. The fourth-order valence-corrected chi connectivity index (χ4v) is 6.03. The minimum atomic E-state index is -4.42. The number of anilines is 1. The van der Waals surface area contributed by atoms with Crippen LogP contribution < -0.4 is 5.01 Å². The van der Waals surface area contributed by atoms with Gasteiger partial charge in [-0.15, -0.1) is 0 Å². The molecule has 1 unspecified atom stereocenters. The van der Waals surface area contributed by atoms with Gasteiger partial charge in [-0.25, -0.2) is 5.11 Å². The van der Waals surface area contributed by atoms with Crippen LogP contribution in [0.5, 0.6) is 0 Å². The second-order valence-electron chi connectivity index (χ2n) is 9.84. The first-order chi connectivity index (χ1) is 17.4. The lowest BCUT2D eigenvalue weighted by atomic mass is 9.77. The fourth-order valence-electron chi connectivity index (χ4n) is 6.03. The normalized spacial score (nSPS) is 18.8. The summed E-state index contributed by atoms with van der Waals surface area (Å²) in [6, 6.07) is 19.1. The molecule has 2 aliphatic carbocycles. The van der Waals surface area contributed by atoms with Gasteiger partial charge in [0.05, 0.1) is 11.7 Å². The molecule has 3 aromatic rings. The molecule has 1 atom stereocenters. The molecule has 1 aliphatic heterocycles. The monoisotopic (exact) mass is 487 g/mol. The number of fused-ring (bicyclic) bond motifs is 5. The zero-order valence-corrected chi connectivity index (χ0v) is 19.8. The standard InChI is InChI=1S/C30H26F3N2O/c31-30(32,33)29-17-23(35(34-29)22-6-2-1-3-7-22)16-19-9-11-24-20(15-19)10-12-28-26-8-4-5-21(18-36)25(26)13-14-27(24)28/h1-8,10,12,15,23H,9,11,13-14,16-18H2. The number of alkyl halides is 3. The molecule has 3 aromatic carbocycles. The molecule has 0 spiro atoms. The lowest BCUT2D eigenvalue weighted by molar-refractivity contribution is -0.0600. The molecule has 0 saturated heterocycles. The summed E-state index contributed by atoms with van der Waals surface area (Å²) >= 11 is 0. The first-order valence-electron chi connectivity index (χ1n) is 12.4. The van der Waals surface area contributed by atoms with Crippen molar-refractivity contribution >= 4 is 17.5 Å². The zero-order chi connectivity index (χ0) is 24.9.